The highest BCUT2D eigenvalue weighted by molar-refractivity contribution is 5.52. The van der Waals surface area contributed by atoms with Gasteiger partial charge in [0.25, 0.3) is 5.56 Å². The van der Waals surface area contributed by atoms with Gasteiger partial charge in [0.2, 0.25) is 0 Å². The number of ether oxygens (including phenoxy) is 2. The summed E-state index contributed by atoms with van der Waals surface area (Å²) in [4.78, 5) is 24.8. The molecule has 0 radical (unpaired) electrons. The van der Waals surface area contributed by atoms with Crippen LogP contribution in [0.5, 0.6) is 0 Å². The summed E-state index contributed by atoms with van der Waals surface area (Å²) < 4.78 is 12.1. The third-order valence-corrected chi connectivity index (χ3v) is 3.05. The molecule has 8 nitrogen and oxygen atoms in total. The molecule has 2 rings (SSSR count). The van der Waals surface area contributed by atoms with E-state index in [-0.39, 0.29) is 13.0 Å². The first kappa shape index (κ1) is 14.6. The lowest BCUT2D eigenvalue weighted by Crippen LogP contribution is -2.31. The number of aliphatic hydroxyl groups excluding tert-OH is 1. The molecule has 8 heteroatoms. The Kier molecular flexibility index (Phi) is 4.83. The molecule has 1 fully saturated rings. The topological polar surface area (TPSA) is 117 Å². The van der Waals surface area contributed by atoms with Gasteiger partial charge in [0.15, 0.2) is 0 Å². The number of hydrogen-bond donors (Lipinski definition) is 3. The molecular formula is C12H17N3O5. The maximum Gasteiger partial charge on any atom is 0.330 e. The van der Waals surface area contributed by atoms with Gasteiger partial charge in [-0.05, 0) is 6.21 Å². The molecule has 1 aliphatic heterocycles. The summed E-state index contributed by atoms with van der Waals surface area (Å²) in [6, 6.07) is 1.23. The fourth-order valence-corrected chi connectivity index (χ4v) is 2.03. The van der Waals surface area contributed by atoms with Gasteiger partial charge in [0.1, 0.15) is 12.3 Å². The van der Waals surface area contributed by atoms with Crippen molar-refractivity contribution in [2.24, 2.45) is 0 Å². The van der Waals surface area contributed by atoms with Crippen LogP contribution in [0.15, 0.2) is 21.9 Å². The maximum absolute atomic E-state index is 11.6. The lowest BCUT2D eigenvalue weighted by atomic mass is 10.2. The number of nitrogens with zero attached hydrogens (tertiary/aromatic N) is 1. The largest absolute Gasteiger partial charge is 0.390 e. The van der Waals surface area contributed by atoms with Gasteiger partial charge in [-0.2, -0.15) is 0 Å². The van der Waals surface area contributed by atoms with Gasteiger partial charge in [0.05, 0.1) is 19.3 Å². The number of aliphatic hydroxyl groups is 1. The molecule has 0 amide bonds. The van der Waals surface area contributed by atoms with E-state index < -0.39 is 29.7 Å². The molecular weight excluding hydrogens is 266 g/mol. The van der Waals surface area contributed by atoms with Gasteiger partial charge >= 0.3 is 5.69 Å². The number of aromatic amines is 1. The van der Waals surface area contributed by atoms with E-state index in [2.05, 4.69) is 4.98 Å². The monoisotopic (exact) mass is 283 g/mol. The number of hydrogen-bond acceptors (Lipinski definition) is 6. The first-order valence-electron chi connectivity index (χ1n) is 6.33. The summed E-state index contributed by atoms with van der Waals surface area (Å²) in [5.74, 6) is 0. The second-order valence-corrected chi connectivity index (χ2v) is 4.52. The molecule has 0 aliphatic carbocycles. The Morgan fingerprint density at radius 3 is 3.10 bits per heavy atom. The van der Waals surface area contributed by atoms with Crippen LogP contribution in [0.3, 0.4) is 0 Å². The van der Waals surface area contributed by atoms with E-state index in [0.29, 0.717) is 13.0 Å². The second kappa shape index (κ2) is 6.60. The normalized spacial score (nSPS) is 25.8. The van der Waals surface area contributed by atoms with Crippen LogP contribution in [0, 0.1) is 5.41 Å². The van der Waals surface area contributed by atoms with E-state index in [1.807, 2.05) is 0 Å². The highest BCUT2D eigenvalue weighted by Crippen LogP contribution is 2.27. The zero-order chi connectivity index (χ0) is 14.5. The van der Waals surface area contributed by atoms with Crippen LogP contribution >= 0.6 is 0 Å². The van der Waals surface area contributed by atoms with Crippen LogP contribution in [0.25, 0.3) is 0 Å². The Morgan fingerprint density at radius 2 is 2.40 bits per heavy atom. The highest BCUT2D eigenvalue weighted by atomic mass is 16.6. The SMILES string of the molecule is N=CCCOC[C@@H]1O[C@H](n2ccc(=O)[nH]c2=O)CC1O. The zero-order valence-electron chi connectivity index (χ0n) is 10.8. The van der Waals surface area contributed by atoms with Crippen molar-refractivity contribution in [3.63, 3.8) is 0 Å². The van der Waals surface area contributed by atoms with E-state index in [1.165, 1.54) is 23.0 Å². The first-order valence-corrected chi connectivity index (χ1v) is 6.33. The van der Waals surface area contributed by atoms with Crippen molar-refractivity contribution >= 4 is 6.21 Å². The summed E-state index contributed by atoms with van der Waals surface area (Å²) in [7, 11) is 0. The van der Waals surface area contributed by atoms with Crippen LogP contribution in [0.2, 0.25) is 0 Å². The third-order valence-electron chi connectivity index (χ3n) is 3.05. The van der Waals surface area contributed by atoms with Gasteiger partial charge in [-0.3, -0.25) is 14.3 Å². The summed E-state index contributed by atoms with van der Waals surface area (Å²) in [5.41, 5.74) is -1.05. The van der Waals surface area contributed by atoms with Crippen molar-refractivity contribution in [3.05, 3.63) is 33.1 Å². The van der Waals surface area contributed by atoms with Crippen LogP contribution in [0.1, 0.15) is 19.1 Å². The van der Waals surface area contributed by atoms with Crippen LogP contribution in [-0.4, -0.2) is 46.3 Å². The summed E-state index contributed by atoms with van der Waals surface area (Å²) in [5, 5.41) is 16.7. The molecule has 0 bridgehead atoms. The molecule has 0 saturated carbocycles. The van der Waals surface area contributed by atoms with E-state index in [9.17, 15) is 14.7 Å². The number of nitrogens with one attached hydrogen (secondary N) is 2. The van der Waals surface area contributed by atoms with Crippen molar-refractivity contribution in [2.75, 3.05) is 13.2 Å². The lowest BCUT2D eigenvalue weighted by Gasteiger charge is -2.15. The molecule has 0 aromatic carbocycles. The molecule has 1 aromatic heterocycles. The predicted molar refractivity (Wildman–Crippen MR) is 70.1 cm³/mol. The Bertz CT molecular complexity index is 567. The van der Waals surface area contributed by atoms with Crippen LogP contribution in [-0.2, 0) is 9.47 Å². The van der Waals surface area contributed by atoms with Gasteiger partial charge in [-0.15, -0.1) is 0 Å². The van der Waals surface area contributed by atoms with Gasteiger partial charge in [-0.25, -0.2) is 4.79 Å². The molecule has 1 aliphatic rings. The van der Waals surface area contributed by atoms with E-state index in [4.69, 9.17) is 14.9 Å². The van der Waals surface area contributed by atoms with E-state index >= 15 is 0 Å². The Hall–Kier alpha value is -1.77. The number of aromatic nitrogens is 2. The minimum absolute atomic E-state index is 0.198. The smallest absolute Gasteiger partial charge is 0.330 e. The molecule has 3 N–H and O–H groups in total. The van der Waals surface area contributed by atoms with Gasteiger partial charge in [0, 0.05) is 25.1 Å². The Morgan fingerprint density at radius 1 is 1.60 bits per heavy atom. The van der Waals surface area contributed by atoms with Crippen LogP contribution < -0.4 is 11.2 Å². The zero-order valence-corrected chi connectivity index (χ0v) is 10.8. The molecule has 1 saturated heterocycles. The second-order valence-electron chi connectivity index (χ2n) is 4.52. The third kappa shape index (κ3) is 3.41. The lowest BCUT2D eigenvalue weighted by molar-refractivity contribution is -0.0624. The Balaban J connectivity index is 1.97. The molecule has 1 unspecified atom stereocenters. The Labute approximate surface area is 114 Å². The van der Waals surface area contributed by atoms with E-state index in [1.54, 1.807) is 0 Å². The predicted octanol–water partition coefficient (Wildman–Crippen LogP) is -0.759. The molecule has 1 aromatic rings. The van der Waals surface area contributed by atoms with Crippen molar-refractivity contribution in [1.82, 2.24) is 9.55 Å². The van der Waals surface area contributed by atoms with Gasteiger partial charge < -0.3 is 20.0 Å². The van der Waals surface area contributed by atoms with Crippen molar-refractivity contribution < 1.29 is 14.6 Å². The number of H-pyrrole nitrogens is 1. The molecule has 0 spiro atoms. The minimum atomic E-state index is -0.737. The average Bonchev–Trinajstić information content (AvgIpc) is 2.76. The summed E-state index contributed by atoms with van der Waals surface area (Å²) >= 11 is 0. The van der Waals surface area contributed by atoms with Crippen molar-refractivity contribution in [2.45, 2.75) is 31.3 Å². The fraction of sp³-hybridized carbons (Fsp3) is 0.583. The van der Waals surface area contributed by atoms with Crippen molar-refractivity contribution in [1.29, 1.82) is 5.41 Å². The molecule has 110 valence electrons. The maximum atomic E-state index is 11.6. The van der Waals surface area contributed by atoms with Gasteiger partial charge in [-0.1, -0.05) is 0 Å². The minimum Gasteiger partial charge on any atom is -0.390 e. The molecule has 2 heterocycles. The summed E-state index contributed by atoms with van der Waals surface area (Å²) in [6.45, 7) is 0.586. The standard InChI is InChI=1S/C12H17N3O5/c13-3-1-5-19-7-9-8(16)6-11(20-9)15-4-2-10(17)14-12(15)18/h2-4,8-9,11,13,16H,1,5-7H2,(H,14,17,18)/t8?,9-,11-/m0/s1. The fourth-order valence-electron chi connectivity index (χ4n) is 2.03. The quantitative estimate of drug-likeness (QED) is 0.468. The number of rotatable bonds is 6. The average molecular weight is 283 g/mol. The van der Waals surface area contributed by atoms with E-state index in [0.717, 1.165) is 0 Å². The molecule has 20 heavy (non-hydrogen) atoms. The van der Waals surface area contributed by atoms with Crippen molar-refractivity contribution in [3.8, 4) is 0 Å². The first-order chi connectivity index (χ1) is 9.61. The van der Waals surface area contributed by atoms with Crippen LogP contribution in [0.4, 0.5) is 0 Å². The molecule has 3 atom stereocenters. The highest BCUT2D eigenvalue weighted by Gasteiger charge is 2.35. The summed E-state index contributed by atoms with van der Waals surface area (Å²) in [6.07, 6.45) is 1.47.